The molecule has 0 fully saturated rings. The number of fused-ring (bicyclic) bond motifs is 1. The van der Waals surface area contributed by atoms with Crippen LogP contribution in [-0.4, -0.2) is 47.4 Å². The lowest BCUT2D eigenvalue weighted by Crippen LogP contribution is -2.52. The molecule has 0 radical (unpaired) electrons. The molecule has 0 aliphatic rings. The number of amides is 2. The van der Waals surface area contributed by atoms with Crippen LogP contribution in [0.3, 0.4) is 0 Å². The van der Waals surface area contributed by atoms with Crippen molar-refractivity contribution in [3.8, 4) is 0 Å². The van der Waals surface area contributed by atoms with Gasteiger partial charge >= 0.3 is 6.09 Å². The molecule has 4 N–H and O–H groups in total. The third-order valence-electron chi connectivity index (χ3n) is 5.33. The van der Waals surface area contributed by atoms with Gasteiger partial charge in [0.1, 0.15) is 6.04 Å². The number of unbranched alkanes of at least 4 members (excludes halogenated alkanes) is 1. The summed E-state index contributed by atoms with van der Waals surface area (Å²) in [6, 6.07) is 16.1. The monoisotopic (exact) mass is 437 g/mol. The van der Waals surface area contributed by atoms with E-state index in [-0.39, 0.29) is 12.5 Å². The first-order valence-electron chi connectivity index (χ1n) is 11.0. The van der Waals surface area contributed by atoms with Gasteiger partial charge in [-0.25, -0.2) is 4.79 Å². The van der Waals surface area contributed by atoms with E-state index in [0.29, 0.717) is 19.4 Å². The maximum Gasteiger partial charge on any atom is 0.407 e. The zero-order valence-corrected chi connectivity index (χ0v) is 18.3. The minimum atomic E-state index is -0.816. The number of carbonyl (C=O) groups is 2. The number of aliphatic hydroxyl groups excluding tert-OH is 1. The number of aromatic nitrogens is 1. The Kier molecular flexibility index (Phi) is 8.69. The quantitative estimate of drug-likeness (QED) is 0.346. The van der Waals surface area contributed by atoms with Crippen LogP contribution in [0.25, 0.3) is 10.9 Å². The van der Waals surface area contributed by atoms with Gasteiger partial charge in [-0.3, -0.25) is 4.79 Å². The highest BCUT2D eigenvalue weighted by Gasteiger charge is 2.24. The summed E-state index contributed by atoms with van der Waals surface area (Å²) < 4.78 is 5.18. The minimum absolute atomic E-state index is 0.218. The summed E-state index contributed by atoms with van der Waals surface area (Å²) in [5.74, 6) is -0.361. The lowest BCUT2D eigenvalue weighted by Gasteiger charge is -2.22. The molecule has 2 amide bonds. The van der Waals surface area contributed by atoms with E-state index in [2.05, 4.69) is 15.6 Å². The van der Waals surface area contributed by atoms with E-state index in [1.807, 2.05) is 67.7 Å². The molecule has 2 atom stereocenters. The molecule has 0 bridgehead atoms. The van der Waals surface area contributed by atoms with Crippen molar-refractivity contribution in [3.63, 3.8) is 0 Å². The van der Waals surface area contributed by atoms with Crippen LogP contribution >= 0.6 is 0 Å². The Morgan fingerprint density at radius 3 is 2.53 bits per heavy atom. The second-order valence-electron chi connectivity index (χ2n) is 7.83. The third-order valence-corrected chi connectivity index (χ3v) is 5.33. The number of H-pyrrole nitrogens is 1. The van der Waals surface area contributed by atoms with Crippen molar-refractivity contribution in [2.45, 2.75) is 44.7 Å². The molecule has 0 aliphatic heterocycles. The van der Waals surface area contributed by atoms with Crippen molar-refractivity contribution in [2.75, 3.05) is 13.2 Å². The molecular weight excluding hydrogens is 406 g/mol. The Balaban J connectivity index is 1.68. The van der Waals surface area contributed by atoms with Gasteiger partial charge in [-0.15, -0.1) is 0 Å². The van der Waals surface area contributed by atoms with Gasteiger partial charge < -0.3 is 25.5 Å². The molecule has 0 spiro atoms. The van der Waals surface area contributed by atoms with E-state index >= 15 is 0 Å². The van der Waals surface area contributed by atoms with Crippen molar-refractivity contribution >= 4 is 22.9 Å². The van der Waals surface area contributed by atoms with Crippen LogP contribution < -0.4 is 10.6 Å². The summed E-state index contributed by atoms with van der Waals surface area (Å²) in [6.45, 7) is 2.10. The highest BCUT2D eigenvalue weighted by atomic mass is 16.5. The summed E-state index contributed by atoms with van der Waals surface area (Å²) >= 11 is 0. The highest BCUT2D eigenvalue weighted by Crippen LogP contribution is 2.19. The minimum Gasteiger partial charge on any atom is -0.450 e. The van der Waals surface area contributed by atoms with Gasteiger partial charge in [0.25, 0.3) is 0 Å². The smallest absolute Gasteiger partial charge is 0.407 e. The van der Waals surface area contributed by atoms with Crippen LogP contribution in [0.4, 0.5) is 4.79 Å². The van der Waals surface area contributed by atoms with Crippen molar-refractivity contribution in [1.29, 1.82) is 0 Å². The fraction of sp³-hybridized carbons (Fsp3) is 0.360. The topological polar surface area (TPSA) is 103 Å². The van der Waals surface area contributed by atoms with Crippen molar-refractivity contribution in [1.82, 2.24) is 15.6 Å². The fourth-order valence-corrected chi connectivity index (χ4v) is 3.58. The number of nitrogens with one attached hydrogen (secondary N) is 3. The molecule has 0 saturated carbocycles. The maximum absolute atomic E-state index is 13.1. The molecular formula is C25H31N3O4. The number of benzene rings is 2. The maximum atomic E-state index is 13.1. The third kappa shape index (κ3) is 6.59. The Labute approximate surface area is 188 Å². The molecule has 3 aromatic rings. The molecule has 1 heterocycles. The Hall–Kier alpha value is -3.32. The molecule has 2 aromatic carbocycles. The lowest BCUT2D eigenvalue weighted by atomic mass is 10.0. The number of hydrogen-bond donors (Lipinski definition) is 4. The van der Waals surface area contributed by atoms with E-state index in [4.69, 9.17) is 4.74 Å². The van der Waals surface area contributed by atoms with Gasteiger partial charge in [0.15, 0.2) is 0 Å². The van der Waals surface area contributed by atoms with Crippen LogP contribution in [0.1, 0.15) is 30.9 Å². The first-order chi connectivity index (χ1) is 15.6. The first kappa shape index (κ1) is 23.3. The number of rotatable bonds is 11. The normalized spacial score (nSPS) is 12.8. The molecule has 1 aromatic heterocycles. The number of aliphatic hydroxyl groups is 1. The number of carbonyl (C=O) groups excluding carboxylic acids is 2. The number of aromatic amines is 1. The van der Waals surface area contributed by atoms with Gasteiger partial charge in [0, 0.05) is 23.5 Å². The predicted molar refractivity (Wildman–Crippen MR) is 124 cm³/mol. The van der Waals surface area contributed by atoms with E-state index in [1.165, 1.54) is 0 Å². The molecule has 7 nitrogen and oxygen atoms in total. The predicted octanol–water partition coefficient (Wildman–Crippen LogP) is 3.33. The SMILES string of the molecule is CCCCOC(=O)N[C@@H](Cc1ccccc1)C(=O)N[C@H](CO)Cc1c[nH]c2ccccc12. The Morgan fingerprint density at radius 1 is 1.03 bits per heavy atom. The molecule has 0 saturated heterocycles. The van der Waals surface area contributed by atoms with Gasteiger partial charge in [-0.05, 0) is 30.0 Å². The van der Waals surface area contributed by atoms with E-state index < -0.39 is 18.2 Å². The van der Waals surface area contributed by atoms with Crippen LogP contribution in [0.2, 0.25) is 0 Å². The highest BCUT2D eigenvalue weighted by molar-refractivity contribution is 5.86. The molecule has 32 heavy (non-hydrogen) atoms. The average molecular weight is 438 g/mol. The van der Waals surface area contributed by atoms with Crippen LogP contribution in [-0.2, 0) is 22.4 Å². The van der Waals surface area contributed by atoms with E-state index in [1.54, 1.807) is 0 Å². The summed E-state index contributed by atoms with van der Waals surface area (Å²) in [7, 11) is 0. The van der Waals surface area contributed by atoms with Crippen LogP contribution in [0, 0.1) is 0 Å². The van der Waals surface area contributed by atoms with Crippen molar-refractivity contribution in [3.05, 3.63) is 71.9 Å². The van der Waals surface area contributed by atoms with Crippen molar-refractivity contribution < 1.29 is 19.4 Å². The van der Waals surface area contributed by atoms with E-state index in [9.17, 15) is 14.7 Å². The first-order valence-corrected chi connectivity index (χ1v) is 11.0. The second kappa shape index (κ2) is 11.9. The Morgan fingerprint density at radius 2 is 1.78 bits per heavy atom. The molecule has 0 aliphatic carbocycles. The number of alkyl carbamates (subject to hydrolysis) is 1. The second-order valence-corrected chi connectivity index (χ2v) is 7.83. The summed E-state index contributed by atoms with van der Waals surface area (Å²) in [5.41, 5.74) is 2.93. The van der Waals surface area contributed by atoms with Crippen LogP contribution in [0.5, 0.6) is 0 Å². The lowest BCUT2D eigenvalue weighted by molar-refractivity contribution is -0.124. The van der Waals surface area contributed by atoms with E-state index in [0.717, 1.165) is 34.9 Å². The molecule has 3 rings (SSSR count). The number of hydrogen-bond acceptors (Lipinski definition) is 4. The Bertz CT molecular complexity index is 1000. The summed E-state index contributed by atoms with van der Waals surface area (Å²) in [5, 5.41) is 16.5. The molecule has 0 unspecified atom stereocenters. The zero-order chi connectivity index (χ0) is 22.8. The molecule has 7 heteroatoms. The standard InChI is InChI=1S/C25H31N3O4/c1-2-3-13-32-25(31)28-23(14-18-9-5-4-6-10-18)24(30)27-20(17-29)15-19-16-26-22-12-8-7-11-21(19)22/h4-12,16,20,23,26,29H,2-3,13-15,17H2,1H3,(H,27,30)(H,28,31)/t20-,23-/m0/s1. The van der Waals surface area contributed by atoms with Gasteiger partial charge in [0.05, 0.1) is 19.3 Å². The van der Waals surface area contributed by atoms with Gasteiger partial charge in [-0.2, -0.15) is 0 Å². The number of para-hydroxylation sites is 1. The zero-order valence-electron chi connectivity index (χ0n) is 18.3. The average Bonchev–Trinajstić information content (AvgIpc) is 3.22. The fourth-order valence-electron chi connectivity index (χ4n) is 3.58. The van der Waals surface area contributed by atoms with Gasteiger partial charge in [0.2, 0.25) is 5.91 Å². The largest absolute Gasteiger partial charge is 0.450 e. The van der Waals surface area contributed by atoms with Gasteiger partial charge in [-0.1, -0.05) is 61.9 Å². The van der Waals surface area contributed by atoms with Crippen LogP contribution in [0.15, 0.2) is 60.8 Å². The van der Waals surface area contributed by atoms with Crippen molar-refractivity contribution in [2.24, 2.45) is 0 Å². The summed E-state index contributed by atoms with van der Waals surface area (Å²) in [6.07, 6.45) is 3.73. The summed E-state index contributed by atoms with van der Waals surface area (Å²) in [4.78, 5) is 28.5. The molecule has 170 valence electrons. The number of ether oxygens (including phenoxy) is 1.